The average molecular weight is 650 g/mol. The first-order valence-electron chi connectivity index (χ1n) is 16.4. The van der Waals surface area contributed by atoms with Crippen molar-refractivity contribution in [2.24, 2.45) is 17.8 Å². The van der Waals surface area contributed by atoms with Crippen LogP contribution >= 0.6 is 0 Å². The van der Waals surface area contributed by atoms with Gasteiger partial charge in [0, 0.05) is 47.4 Å². The van der Waals surface area contributed by atoms with Crippen LogP contribution in [0.25, 0.3) is 22.3 Å². The van der Waals surface area contributed by atoms with Gasteiger partial charge in [-0.1, -0.05) is 34.6 Å². The number of benzene rings is 1. The van der Waals surface area contributed by atoms with Gasteiger partial charge in [0.15, 0.2) is 5.60 Å². The fourth-order valence-corrected chi connectivity index (χ4v) is 6.40. The number of aromatic nitrogens is 2. The molecule has 0 unspecified atom stereocenters. The molecular formula is C36H44FN3O7. The van der Waals surface area contributed by atoms with E-state index in [0.717, 1.165) is 16.5 Å². The number of hydrogen-bond acceptors (Lipinski definition) is 8. The Morgan fingerprint density at radius 3 is 2.60 bits per heavy atom. The van der Waals surface area contributed by atoms with Gasteiger partial charge in [-0.3, -0.25) is 14.4 Å². The van der Waals surface area contributed by atoms with E-state index in [1.807, 2.05) is 20.8 Å². The van der Waals surface area contributed by atoms with E-state index in [2.05, 4.69) is 5.32 Å². The summed E-state index contributed by atoms with van der Waals surface area (Å²) in [6.45, 7) is 11.4. The van der Waals surface area contributed by atoms with Gasteiger partial charge in [-0.05, 0) is 61.8 Å². The van der Waals surface area contributed by atoms with E-state index in [0.29, 0.717) is 48.3 Å². The maximum absolute atomic E-state index is 14.7. The molecule has 2 aliphatic heterocycles. The van der Waals surface area contributed by atoms with E-state index in [1.54, 1.807) is 37.5 Å². The average Bonchev–Trinajstić information content (AvgIpc) is 3.40. The van der Waals surface area contributed by atoms with Crippen LogP contribution in [0.5, 0.6) is 0 Å². The maximum atomic E-state index is 14.7. The summed E-state index contributed by atoms with van der Waals surface area (Å²) in [5, 5.41) is 14.7. The predicted molar refractivity (Wildman–Crippen MR) is 174 cm³/mol. The number of ether oxygens (including phenoxy) is 2. The first-order chi connectivity index (χ1) is 22.3. The van der Waals surface area contributed by atoms with Crippen LogP contribution in [0.3, 0.4) is 0 Å². The molecule has 1 aromatic carbocycles. The summed E-state index contributed by atoms with van der Waals surface area (Å²) in [5.41, 5.74) is 1.94. The molecule has 4 heterocycles. The summed E-state index contributed by atoms with van der Waals surface area (Å²) >= 11 is 0. The Morgan fingerprint density at radius 2 is 1.89 bits per heavy atom. The minimum Gasteiger partial charge on any atom is -0.458 e. The molecule has 3 atom stereocenters. The molecule has 0 spiro atoms. The van der Waals surface area contributed by atoms with Crippen LogP contribution in [0.4, 0.5) is 4.39 Å². The number of pyridine rings is 2. The molecule has 0 saturated carbocycles. The number of unbranched alkanes of at least 4 members (excludes halogenated alkanes) is 1. The molecule has 0 aliphatic carbocycles. The number of carbonyl (C=O) groups is 3. The molecule has 3 aromatic rings. The Balaban J connectivity index is 1.30. The number of aliphatic hydroxyl groups is 1. The van der Waals surface area contributed by atoms with Gasteiger partial charge < -0.3 is 24.5 Å². The molecule has 0 fully saturated rings. The second-order valence-corrected chi connectivity index (χ2v) is 13.3. The molecule has 11 heteroatoms. The summed E-state index contributed by atoms with van der Waals surface area (Å²) in [6, 6.07) is 4.84. The molecule has 0 saturated heterocycles. The zero-order chi connectivity index (χ0) is 34.2. The Morgan fingerprint density at radius 1 is 1.15 bits per heavy atom. The number of cyclic esters (lactones) is 1. The van der Waals surface area contributed by atoms with Crippen molar-refractivity contribution < 1.29 is 33.4 Å². The molecule has 2 aromatic heterocycles. The molecular weight excluding hydrogens is 605 g/mol. The molecule has 1 amide bonds. The Hall–Kier alpha value is -3.96. The zero-order valence-electron chi connectivity index (χ0n) is 28.0. The lowest BCUT2D eigenvalue weighted by Gasteiger charge is -2.31. The number of halogens is 1. The minimum atomic E-state index is -1.94. The molecule has 2 aliphatic rings. The SMILES string of the molecule is CC[C@@]1(O)C(=O)OCc2c1cc1n(c2=O)Cc2c-1nc1cc(F)c(C)cc1c2CCCCOCNC(=O)[C@H](C)CC(=O)[C@@H](C)C(C)C. The van der Waals surface area contributed by atoms with Gasteiger partial charge in [0.05, 0.1) is 29.0 Å². The van der Waals surface area contributed by atoms with Crippen LogP contribution in [0, 0.1) is 30.5 Å². The third-order valence-corrected chi connectivity index (χ3v) is 9.86. The fraction of sp³-hybridized carbons (Fsp3) is 0.528. The van der Waals surface area contributed by atoms with Gasteiger partial charge in [0.1, 0.15) is 24.9 Å². The van der Waals surface area contributed by atoms with Crippen LogP contribution in [-0.2, 0) is 49.0 Å². The number of amides is 1. The smallest absolute Gasteiger partial charge is 0.343 e. The van der Waals surface area contributed by atoms with Gasteiger partial charge in [-0.25, -0.2) is 14.2 Å². The molecule has 0 radical (unpaired) electrons. The number of hydrogen-bond donors (Lipinski definition) is 2. The third kappa shape index (κ3) is 6.47. The lowest BCUT2D eigenvalue weighted by atomic mass is 9.86. The number of aryl methyl sites for hydroxylation is 2. The fourth-order valence-electron chi connectivity index (χ4n) is 6.40. The van der Waals surface area contributed by atoms with E-state index in [9.17, 15) is 28.7 Å². The van der Waals surface area contributed by atoms with Crippen molar-refractivity contribution in [3.05, 3.63) is 62.2 Å². The minimum absolute atomic E-state index is 0.0392. The molecule has 47 heavy (non-hydrogen) atoms. The van der Waals surface area contributed by atoms with Crippen LogP contribution in [0.2, 0.25) is 0 Å². The highest BCUT2D eigenvalue weighted by Gasteiger charge is 2.45. The summed E-state index contributed by atoms with van der Waals surface area (Å²) in [5.74, 6) is -1.62. The van der Waals surface area contributed by atoms with Gasteiger partial charge in [-0.15, -0.1) is 0 Å². The largest absolute Gasteiger partial charge is 0.458 e. The predicted octanol–water partition coefficient (Wildman–Crippen LogP) is 4.83. The van der Waals surface area contributed by atoms with Crippen molar-refractivity contribution in [2.45, 2.75) is 92.4 Å². The number of rotatable bonds is 13. The third-order valence-electron chi connectivity index (χ3n) is 9.86. The highest BCUT2D eigenvalue weighted by atomic mass is 19.1. The van der Waals surface area contributed by atoms with Gasteiger partial charge in [-0.2, -0.15) is 0 Å². The summed E-state index contributed by atoms with van der Waals surface area (Å²) in [4.78, 5) is 55.8. The van der Waals surface area contributed by atoms with Crippen LogP contribution in [0.1, 0.15) is 88.1 Å². The van der Waals surface area contributed by atoms with Crippen LogP contribution in [-0.4, -0.2) is 45.7 Å². The molecule has 10 nitrogen and oxygen atoms in total. The van der Waals surface area contributed by atoms with Crippen LogP contribution in [0.15, 0.2) is 23.0 Å². The number of esters is 1. The molecule has 0 bridgehead atoms. The highest BCUT2D eigenvalue weighted by Crippen LogP contribution is 2.41. The second-order valence-electron chi connectivity index (χ2n) is 13.3. The Bertz CT molecular complexity index is 1800. The van der Waals surface area contributed by atoms with E-state index < -0.39 is 17.5 Å². The molecule has 2 N–H and O–H groups in total. The number of ketones is 1. The lowest BCUT2D eigenvalue weighted by molar-refractivity contribution is -0.172. The van der Waals surface area contributed by atoms with Gasteiger partial charge in [0.2, 0.25) is 5.91 Å². The number of nitrogens with zero attached hydrogens (tertiary/aromatic N) is 2. The number of Topliss-reactive ketones (excluding diaryl/α,β-unsaturated/α-hetero) is 1. The van der Waals surface area contributed by atoms with Crippen molar-refractivity contribution in [3.8, 4) is 11.4 Å². The molecule has 252 valence electrons. The van der Waals surface area contributed by atoms with E-state index in [1.165, 1.54) is 6.07 Å². The second kappa shape index (κ2) is 13.6. The van der Waals surface area contributed by atoms with Crippen molar-refractivity contribution in [3.63, 3.8) is 0 Å². The number of fused-ring (bicyclic) bond motifs is 5. The first kappa shape index (κ1) is 34.4. The van der Waals surface area contributed by atoms with Gasteiger partial charge >= 0.3 is 5.97 Å². The van der Waals surface area contributed by atoms with Crippen molar-refractivity contribution in [1.82, 2.24) is 14.9 Å². The van der Waals surface area contributed by atoms with E-state index in [4.69, 9.17) is 14.5 Å². The summed E-state index contributed by atoms with van der Waals surface area (Å²) < 4.78 is 27.2. The Kier molecular flexibility index (Phi) is 9.98. The zero-order valence-corrected chi connectivity index (χ0v) is 28.0. The standard InChI is InChI=1S/C36H44FN3O7/c1-7-36(45)27-14-30-32-25(16-40(30)34(43)26(27)17-47-35(36)44)23(24-12-20(4)28(37)15-29(24)39-32)10-8-9-11-46-18-38-33(42)21(5)13-31(41)22(6)19(2)3/h12,14-15,19,21-22,45H,7-11,13,16-18H2,1-6H3,(H,38,42)/t21-,22+,36+/m1/s1. The van der Waals surface area contributed by atoms with Crippen molar-refractivity contribution in [1.29, 1.82) is 0 Å². The maximum Gasteiger partial charge on any atom is 0.343 e. The monoisotopic (exact) mass is 649 g/mol. The topological polar surface area (TPSA) is 137 Å². The number of carbonyl (C=O) groups excluding carboxylic acids is 3. The highest BCUT2D eigenvalue weighted by molar-refractivity contribution is 5.90. The van der Waals surface area contributed by atoms with E-state index >= 15 is 0 Å². The van der Waals surface area contributed by atoms with Crippen LogP contribution < -0.4 is 10.9 Å². The number of nitrogens with one attached hydrogen (secondary N) is 1. The Labute approximate surface area is 273 Å². The lowest BCUT2D eigenvalue weighted by Crippen LogP contribution is -2.44. The summed E-state index contributed by atoms with van der Waals surface area (Å²) in [6.07, 6.45) is 2.24. The van der Waals surface area contributed by atoms with Gasteiger partial charge in [0.25, 0.3) is 5.56 Å². The quantitative estimate of drug-likeness (QED) is 0.119. The van der Waals surface area contributed by atoms with E-state index in [-0.39, 0.29) is 78.8 Å². The van der Waals surface area contributed by atoms with Crippen molar-refractivity contribution in [2.75, 3.05) is 13.3 Å². The first-order valence-corrected chi connectivity index (χ1v) is 16.4. The normalized spacial score (nSPS) is 18.0. The summed E-state index contributed by atoms with van der Waals surface area (Å²) in [7, 11) is 0. The molecule has 5 rings (SSSR count). The van der Waals surface area contributed by atoms with Crippen molar-refractivity contribution >= 4 is 28.6 Å².